The smallest absolute Gasteiger partial charge is 0.306 e. The molecule has 9 heteroatoms. The second-order valence-electron chi connectivity index (χ2n) is 28.7. The van der Waals surface area contributed by atoms with Crippen molar-refractivity contribution in [1.82, 2.24) is 0 Å². The summed E-state index contributed by atoms with van der Waals surface area (Å²) in [6, 6.07) is 0. The average Bonchev–Trinajstić information content (AvgIpc) is 2.74. The Morgan fingerprint density at radius 2 is 0.594 bits per heavy atom. The van der Waals surface area contributed by atoms with Crippen molar-refractivity contribution in [3.8, 4) is 0 Å². The Balaban J connectivity index is 4.02. The molecule has 0 aliphatic carbocycles. The van der Waals surface area contributed by atoms with E-state index in [-0.39, 0.29) is 32.2 Å². The first-order valence-corrected chi connectivity index (χ1v) is 40.9. The fourth-order valence-electron chi connectivity index (χ4n) is 11.9. The number of carbonyl (C=O) groups excluding carboxylic acids is 3. The first-order valence-electron chi connectivity index (χ1n) is 40.9. The van der Waals surface area contributed by atoms with Gasteiger partial charge in [-0.25, -0.2) is 0 Å². The van der Waals surface area contributed by atoms with E-state index in [0.29, 0.717) is 23.9 Å². The minimum atomic E-state index is -1.63. The molecule has 96 heavy (non-hydrogen) atoms. The van der Waals surface area contributed by atoms with Gasteiger partial charge in [-0.3, -0.25) is 9.59 Å². The zero-order valence-corrected chi connectivity index (χ0v) is 63.7. The number of carbonyl (C=O) groups is 3. The maximum atomic E-state index is 13.0. The second kappa shape index (κ2) is 77.0. The molecule has 0 aromatic heterocycles. The topological polar surface area (TPSA) is 111 Å². The fraction of sp³-hybridized carbons (Fsp3) is 0.782. The van der Waals surface area contributed by atoms with Gasteiger partial charge in [-0.05, 0) is 77.0 Å². The SMILES string of the molecule is CC/C=C\C/C=C\C/C=C\C/C=C\C/C=C\C/C=C\C/C=C\C/C=C\CCCCCCCCCCCCCCC(=O)OC(COC(=O)CCCCCCCCCCCCCCCCCCCCCCCCCCCCCCCCCCCC)COC(OCC[N+](C)(C)C)C(=O)[O-]. The molecular weight excluding hydrogens is 1190 g/mol. The summed E-state index contributed by atoms with van der Waals surface area (Å²) >= 11 is 0. The Labute approximate surface area is 594 Å². The zero-order valence-electron chi connectivity index (χ0n) is 63.7. The van der Waals surface area contributed by atoms with Gasteiger partial charge in [0.25, 0.3) is 0 Å². The summed E-state index contributed by atoms with van der Waals surface area (Å²) < 4.78 is 22.9. The first kappa shape index (κ1) is 92.2. The van der Waals surface area contributed by atoms with Gasteiger partial charge in [-0.1, -0.05) is 387 Å². The van der Waals surface area contributed by atoms with Gasteiger partial charge in [-0.15, -0.1) is 0 Å². The Hall–Kier alpha value is -3.79. The Bertz CT molecular complexity index is 1900. The Morgan fingerprint density at radius 3 is 0.885 bits per heavy atom. The molecule has 2 atom stereocenters. The number of esters is 2. The van der Waals surface area contributed by atoms with E-state index >= 15 is 0 Å². The van der Waals surface area contributed by atoms with Gasteiger partial charge in [0, 0.05) is 12.8 Å². The van der Waals surface area contributed by atoms with Crippen molar-refractivity contribution < 1.29 is 42.9 Å². The number of ether oxygens (including phenoxy) is 4. The Morgan fingerprint density at radius 1 is 0.323 bits per heavy atom. The molecule has 0 rings (SSSR count). The minimum absolute atomic E-state index is 0.146. The van der Waals surface area contributed by atoms with Crippen molar-refractivity contribution in [3.63, 3.8) is 0 Å². The third-order valence-corrected chi connectivity index (χ3v) is 18.1. The molecule has 0 spiro atoms. The number of allylic oxidation sites excluding steroid dienone is 16. The summed E-state index contributed by atoms with van der Waals surface area (Å²) in [5.74, 6) is -2.27. The molecule has 0 aliphatic heterocycles. The maximum absolute atomic E-state index is 13.0. The lowest BCUT2D eigenvalue weighted by Gasteiger charge is -2.26. The molecule has 0 amide bonds. The summed E-state index contributed by atoms with van der Waals surface area (Å²) in [6.45, 7) is 4.69. The lowest BCUT2D eigenvalue weighted by molar-refractivity contribution is -0.870. The number of quaternary nitrogens is 1. The van der Waals surface area contributed by atoms with Gasteiger partial charge < -0.3 is 33.3 Å². The molecule has 556 valence electrons. The molecule has 0 N–H and O–H groups in total. The van der Waals surface area contributed by atoms with Crippen LogP contribution >= 0.6 is 0 Å². The highest BCUT2D eigenvalue weighted by molar-refractivity contribution is 5.70. The summed E-state index contributed by atoms with van der Waals surface area (Å²) in [5.41, 5.74) is 0. The highest BCUT2D eigenvalue weighted by Crippen LogP contribution is 2.19. The van der Waals surface area contributed by atoms with Crippen molar-refractivity contribution in [3.05, 3.63) is 97.2 Å². The van der Waals surface area contributed by atoms with Crippen molar-refractivity contribution in [2.75, 3.05) is 47.5 Å². The number of likely N-dealkylation sites (N-methyl/N-ethyl adjacent to an activating group) is 1. The van der Waals surface area contributed by atoms with Crippen LogP contribution in [0, 0.1) is 0 Å². The van der Waals surface area contributed by atoms with Crippen molar-refractivity contribution in [2.45, 2.75) is 392 Å². The number of unbranched alkanes of at least 4 members (excludes halogenated alkanes) is 45. The van der Waals surface area contributed by atoms with E-state index in [9.17, 15) is 19.5 Å². The molecule has 2 unspecified atom stereocenters. The number of nitrogens with zero attached hydrogens (tertiary/aromatic N) is 1. The fourth-order valence-corrected chi connectivity index (χ4v) is 11.9. The minimum Gasteiger partial charge on any atom is -0.545 e. The predicted molar refractivity (Wildman–Crippen MR) is 412 cm³/mol. The molecule has 9 nitrogen and oxygen atoms in total. The molecule has 0 heterocycles. The van der Waals surface area contributed by atoms with Gasteiger partial charge in [0.1, 0.15) is 13.2 Å². The lowest BCUT2D eigenvalue weighted by Crippen LogP contribution is -2.44. The van der Waals surface area contributed by atoms with Gasteiger partial charge in [0.15, 0.2) is 12.4 Å². The van der Waals surface area contributed by atoms with Crippen LogP contribution in [0.5, 0.6) is 0 Å². The number of aliphatic carboxylic acids is 1. The molecule has 0 radical (unpaired) electrons. The highest BCUT2D eigenvalue weighted by Gasteiger charge is 2.22. The van der Waals surface area contributed by atoms with E-state index in [0.717, 1.165) is 89.9 Å². The summed E-state index contributed by atoms with van der Waals surface area (Å²) in [4.78, 5) is 37.6. The number of carboxylic acid groups (broad SMARTS) is 1. The maximum Gasteiger partial charge on any atom is 0.306 e. The van der Waals surface area contributed by atoms with E-state index in [4.69, 9.17) is 18.9 Å². The molecular formula is C87H155NO8. The Kier molecular flexibility index (Phi) is 73.9. The largest absolute Gasteiger partial charge is 0.545 e. The van der Waals surface area contributed by atoms with E-state index in [2.05, 4.69) is 111 Å². The van der Waals surface area contributed by atoms with Crippen LogP contribution < -0.4 is 5.11 Å². The average molecular weight is 1340 g/mol. The monoisotopic (exact) mass is 1340 g/mol. The highest BCUT2D eigenvalue weighted by atomic mass is 16.7. The first-order chi connectivity index (χ1) is 47.1. The van der Waals surface area contributed by atoms with E-state index in [1.54, 1.807) is 0 Å². The van der Waals surface area contributed by atoms with Crippen LogP contribution in [0.2, 0.25) is 0 Å². The molecule has 0 bridgehead atoms. The number of carboxylic acids is 1. The number of hydrogen-bond acceptors (Lipinski definition) is 8. The van der Waals surface area contributed by atoms with Gasteiger partial charge in [0.2, 0.25) is 0 Å². The standard InChI is InChI=1S/C87H155NO8/c1-6-8-10-12-14-16-18-20-22-24-26-28-30-32-34-36-38-40-42-43-44-46-48-50-52-54-56-58-60-62-64-66-68-70-72-74-76-78-85(90)96-83(82-95-87(86(91)92)93-80-79-88(3,4)5)81-94-84(89)77-75-73-71-69-67-65-63-61-59-57-55-53-51-49-47-45-41-39-37-35-33-31-29-27-25-23-21-19-17-15-13-11-9-7-2/h8,10,14,16,20,22,26,28,32,34,38,40,43-44,48,50,83,87H,6-7,9,11-13,15,17-19,21,23-25,27,29-31,33,35-37,39,41-42,45-47,49,51-82H2,1-5H3/b10-8-,16-14-,22-20-,28-26-,34-32-,40-38-,44-43-,50-48-. The molecule has 0 aromatic carbocycles. The quantitative estimate of drug-likeness (QED) is 0.0195. The van der Waals surface area contributed by atoms with Gasteiger partial charge in [-0.2, -0.15) is 0 Å². The van der Waals surface area contributed by atoms with Gasteiger partial charge in [0.05, 0.1) is 40.3 Å². The van der Waals surface area contributed by atoms with Gasteiger partial charge >= 0.3 is 11.9 Å². The van der Waals surface area contributed by atoms with Crippen molar-refractivity contribution in [2.24, 2.45) is 0 Å². The molecule has 0 saturated carbocycles. The summed E-state index contributed by atoms with van der Waals surface area (Å²) in [6.07, 6.45) is 104. The number of rotatable bonds is 76. The summed E-state index contributed by atoms with van der Waals surface area (Å²) in [5, 5.41) is 11.9. The van der Waals surface area contributed by atoms with Crippen LogP contribution in [0.1, 0.15) is 380 Å². The molecule has 0 aromatic rings. The van der Waals surface area contributed by atoms with Crippen molar-refractivity contribution >= 4 is 17.9 Å². The molecule has 0 saturated heterocycles. The normalized spacial score (nSPS) is 13.1. The number of hydrogen-bond donors (Lipinski definition) is 0. The molecule has 0 fully saturated rings. The lowest BCUT2D eigenvalue weighted by atomic mass is 10.0. The third kappa shape index (κ3) is 77.6. The van der Waals surface area contributed by atoms with E-state index in [1.165, 1.54) is 257 Å². The van der Waals surface area contributed by atoms with Crippen LogP contribution in [0.25, 0.3) is 0 Å². The third-order valence-electron chi connectivity index (χ3n) is 18.1. The predicted octanol–water partition coefficient (Wildman–Crippen LogP) is 25.0. The van der Waals surface area contributed by atoms with Crippen LogP contribution in [0.15, 0.2) is 97.2 Å². The van der Waals surface area contributed by atoms with Crippen LogP contribution in [0.3, 0.4) is 0 Å². The van der Waals surface area contributed by atoms with Crippen LogP contribution in [-0.4, -0.2) is 82.3 Å². The zero-order chi connectivity index (χ0) is 69.7. The van der Waals surface area contributed by atoms with Crippen LogP contribution in [-0.2, 0) is 33.3 Å². The van der Waals surface area contributed by atoms with Crippen molar-refractivity contribution in [1.29, 1.82) is 0 Å². The summed E-state index contributed by atoms with van der Waals surface area (Å²) in [7, 11) is 5.94. The van der Waals surface area contributed by atoms with E-state index in [1.807, 2.05) is 21.1 Å². The second-order valence-corrected chi connectivity index (χ2v) is 28.7. The van der Waals surface area contributed by atoms with Crippen LogP contribution in [0.4, 0.5) is 0 Å². The van der Waals surface area contributed by atoms with E-state index < -0.39 is 24.3 Å². The molecule has 0 aliphatic rings.